The van der Waals surface area contributed by atoms with Gasteiger partial charge >= 0.3 is 0 Å². The summed E-state index contributed by atoms with van der Waals surface area (Å²) in [5.74, 6) is 5.55. The van der Waals surface area contributed by atoms with Gasteiger partial charge in [0.25, 0.3) is 0 Å². The van der Waals surface area contributed by atoms with Crippen LogP contribution in [0.3, 0.4) is 0 Å². The molecular formula is C9H7BrClN5S. The summed E-state index contributed by atoms with van der Waals surface area (Å²) in [7, 11) is 0. The van der Waals surface area contributed by atoms with Gasteiger partial charge in [0.05, 0.1) is 15.7 Å². The molecule has 8 heteroatoms. The van der Waals surface area contributed by atoms with Crippen molar-refractivity contribution in [1.82, 2.24) is 15.0 Å². The highest BCUT2D eigenvalue weighted by Crippen LogP contribution is 2.34. The number of nitrogens with one attached hydrogen (secondary N) is 1. The van der Waals surface area contributed by atoms with E-state index < -0.39 is 0 Å². The van der Waals surface area contributed by atoms with E-state index in [1.165, 1.54) is 18.0 Å². The number of nitrogens with two attached hydrogens (primary N) is 1. The zero-order valence-electron chi connectivity index (χ0n) is 8.39. The maximum Gasteiger partial charge on any atom is 0.238 e. The summed E-state index contributed by atoms with van der Waals surface area (Å²) >= 11 is 10.7. The molecule has 0 aliphatic heterocycles. The molecule has 0 fully saturated rings. The average Bonchev–Trinajstić information content (AvgIpc) is 2.35. The smallest absolute Gasteiger partial charge is 0.238 e. The number of hydrogen-bond donors (Lipinski definition) is 2. The van der Waals surface area contributed by atoms with Crippen LogP contribution in [0, 0.1) is 0 Å². The molecule has 0 saturated heterocycles. The number of aromatic nitrogens is 3. The molecule has 0 atom stereocenters. The molecule has 2 aromatic rings. The lowest BCUT2D eigenvalue weighted by Crippen LogP contribution is -2.10. The van der Waals surface area contributed by atoms with Crippen molar-refractivity contribution in [3.8, 4) is 0 Å². The minimum atomic E-state index is 0.309. The Kier molecular flexibility index (Phi) is 4.16. The zero-order chi connectivity index (χ0) is 12.3. The fourth-order valence-electron chi connectivity index (χ4n) is 1.03. The largest absolute Gasteiger partial charge is 0.292 e. The molecule has 0 radical (unpaired) electrons. The molecule has 2 rings (SSSR count). The van der Waals surface area contributed by atoms with E-state index in [1.807, 2.05) is 12.1 Å². The number of anilines is 1. The monoisotopic (exact) mass is 331 g/mol. The van der Waals surface area contributed by atoms with Gasteiger partial charge in [0.15, 0.2) is 0 Å². The van der Waals surface area contributed by atoms with Gasteiger partial charge in [-0.25, -0.2) is 20.8 Å². The molecule has 5 nitrogen and oxygen atoms in total. The van der Waals surface area contributed by atoms with Gasteiger partial charge in [-0.3, -0.25) is 5.43 Å². The molecule has 0 aromatic carbocycles. The van der Waals surface area contributed by atoms with E-state index in [9.17, 15) is 0 Å². The maximum atomic E-state index is 6.00. The van der Waals surface area contributed by atoms with E-state index >= 15 is 0 Å². The average molecular weight is 333 g/mol. The Morgan fingerprint density at radius 2 is 2.18 bits per heavy atom. The van der Waals surface area contributed by atoms with Gasteiger partial charge in [-0.1, -0.05) is 11.6 Å². The maximum absolute atomic E-state index is 6.00. The predicted octanol–water partition coefficient (Wildman–Crippen LogP) is 2.72. The number of rotatable bonds is 3. The van der Waals surface area contributed by atoms with E-state index in [0.29, 0.717) is 16.0 Å². The second kappa shape index (κ2) is 5.63. The summed E-state index contributed by atoms with van der Waals surface area (Å²) in [5, 5.41) is 1.82. The highest BCUT2D eigenvalue weighted by molar-refractivity contribution is 9.10. The van der Waals surface area contributed by atoms with Crippen LogP contribution in [-0.4, -0.2) is 15.0 Å². The first kappa shape index (κ1) is 12.6. The summed E-state index contributed by atoms with van der Waals surface area (Å²) in [5.41, 5.74) is 2.37. The Labute approximate surface area is 115 Å². The Morgan fingerprint density at radius 1 is 1.35 bits per heavy atom. The molecule has 17 heavy (non-hydrogen) atoms. The topological polar surface area (TPSA) is 76.7 Å². The van der Waals surface area contributed by atoms with Crippen molar-refractivity contribution in [2.24, 2.45) is 5.84 Å². The van der Waals surface area contributed by atoms with Crippen LogP contribution < -0.4 is 11.3 Å². The van der Waals surface area contributed by atoms with Gasteiger partial charge < -0.3 is 0 Å². The molecule has 2 heterocycles. The van der Waals surface area contributed by atoms with Crippen LogP contribution in [0.5, 0.6) is 0 Å². The molecule has 0 saturated carbocycles. The van der Waals surface area contributed by atoms with Gasteiger partial charge in [0.2, 0.25) is 5.95 Å². The first-order chi connectivity index (χ1) is 8.20. The van der Waals surface area contributed by atoms with Crippen LogP contribution in [0.1, 0.15) is 0 Å². The van der Waals surface area contributed by atoms with E-state index in [2.05, 4.69) is 36.3 Å². The Morgan fingerprint density at radius 3 is 2.88 bits per heavy atom. The number of pyridine rings is 1. The summed E-state index contributed by atoms with van der Waals surface area (Å²) in [6.07, 6.45) is 3.19. The standard InChI is InChI=1S/C9H7BrClN5S/c10-5-2-1-3-13-7(5)17-8-6(11)4-14-9(15-8)16-12/h1-4H,12H2,(H,14,15,16). The normalized spacial score (nSPS) is 10.3. The van der Waals surface area contributed by atoms with Crippen LogP contribution in [0.25, 0.3) is 0 Å². The second-order valence-electron chi connectivity index (χ2n) is 2.88. The lowest BCUT2D eigenvalue weighted by Gasteiger charge is -2.05. The van der Waals surface area contributed by atoms with Crippen LogP contribution in [-0.2, 0) is 0 Å². The van der Waals surface area contributed by atoms with Gasteiger partial charge in [-0.2, -0.15) is 0 Å². The van der Waals surface area contributed by atoms with Crippen molar-refractivity contribution in [2.75, 3.05) is 5.43 Å². The SMILES string of the molecule is NNc1ncc(Cl)c(Sc2ncccc2Br)n1. The highest BCUT2D eigenvalue weighted by atomic mass is 79.9. The Hall–Kier alpha value is -0.890. The number of nitrogen functional groups attached to an aromatic ring is 1. The van der Waals surface area contributed by atoms with Crippen LogP contribution >= 0.6 is 39.3 Å². The molecule has 0 bridgehead atoms. The number of halogens is 2. The molecule has 0 spiro atoms. The van der Waals surface area contributed by atoms with Crippen molar-refractivity contribution in [3.63, 3.8) is 0 Å². The van der Waals surface area contributed by atoms with Crippen molar-refractivity contribution in [1.29, 1.82) is 0 Å². The van der Waals surface area contributed by atoms with Gasteiger partial charge in [0, 0.05) is 6.20 Å². The summed E-state index contributed by atoms with van der Waals surface area (Å²) < 4.78 is 0.877. The second-order valence-corrected chi connectivity index (χ2v) is 5.12. The third-order valence-corrected chi connectivity index (χ3v) is 4.07. The van der Waals surface area contributed by atoms with Crippen molar-refractivity contribution < 1.29 is 0 Å². The Bertz CT molecular complexity index is 539. The molecule has 88 valence electrons. The molecule has 2 aromatic heterocycles. The minimum Gasteiger partial charge on any atom is -0.292 e. The van der Waals surface area contributed by atoms with Crippen molar-refractivity contribution in [2.45, 2.75) is 10.1 Å². The summed E-state index contributed by atoms with van der Waals surface area (Å²) in [6, 6.07) is 3.73. The predicted molar refractivity (Wildman–Crippen MR) is 70.9 cm³/mol. The third kappa shape index (κ3) is 3.06. The third-order valence-electron chi connectivity index (χ3n) is 1.76. The van der Waals surface area contributed by atoms with Crippen molar-refractivity contribution in [3.05, 3.63) is 34.0 Å². The molecule has 0 aliphatic rings. The molecular weight excluding hydrogens is 326 g/mol. The lowest BCUT2D eigenvalue weighted by molar-refractivity contribution is 1.02. The van der Waals surface area contributed by atoms with Crippen LogP contribution in [0.4, 0.5) is 5.95 Å². The van der Waals surface area contributed by atoms with Crippen LogP contribution in [0.15, 0.2) is 39.1 Å². The van der Waals surface area contributed by atoms with Gasteiger partial charge in [0.1, 0.15) is 10.1 Å². The summed E-state index contributed by atoms with van der Waals surface area (Å²) in [6.45, 7) is 0. The van der Waals surface area contributed by atoms with Crippen LogP contribution in [0.2, 0.25) is 5.02 Å². The van der Waals surface area contributed by atoms with Gasteiger partial charge in [-0.15, -0.1) is 0 Å². The van der Waals surface area contributed by atoms with E-state index in [4.69, 9.17) is 17.4 Å². The molecule has 0 amide bonds. The molecule has 0 unspecified atom stereocenters. The fraction of sp³-hybridized carbons (Fsp3) is 0. The fourth-order valence-corrected chi connectivity index (χ4v) is 2.48. The highest BCUT2D eigenvalue weighted by Gasteiger charge is 2.09. The zero-order valence-corrected chi connectivity index (χ0v) is 11.6. The number of hydrogen-bond acceptors (Lipinski definition) is 6. The van der Waals surface area contributed by atoms with Gasteiger partial charge in [-0.05, 0) is 39.8 Å². The Balaban J connectivity index is 2.32. The van der Waals surface area contributed by atoms with Crippen molar-refractivity contribution >= 4 is 45.2 Å². The first-order valence-electron chi connectivity index (χ1n) is 4.48. The van der Waals surface area contributed by atoms with E-state index in [1.54, 1.807) is 6.20 Å². The molecule has 0 aliphatic carbocycles. The lowest BCUT2D eigenvalue weighted by atomic mass is 10.5. The quantitative estimate of drug-likeness (QED) is 0.511. The number of hydrazine groups is 1. The number of nitrogens with zero attached hydrogens (tertiary/aromatic N) is 3. The summed E-state index contributed by atoms with van der Waals surface area (Å²) in [4.78, 5) is 12.3. The first-order valence-corrected chi connectivity index (χ1v) is 6.47. The minimum absolute atomic E-state index is 0.309. The van der Waals surface area contributed by atoms with E-state index in [-0.39, 0.29) is 0 Å². The van der Waals surface area contributed by atoms with E-state index in [0.717, 1.165) is 9.50 Å². The molecule has 3 N–H and O–H groups in total.